The van der Waals surface area contributed by atoms with E-state index in [1.807, 2.05) is 0 Å². The molecule has 1 unspecified atom stereocenters. The summed E-state index contributed by atoms with van der Waals surface area (Å²) in [5.41, 5.74) is -0.662. The molecule has 0 fully saturated rings. The number of hydrogen-bond acceptors (Lipinski definition) is 5. The molecule has 0 spiro atoms. The number of carbonyl (C=O) groups excluding carboxylic acids is 1. The Bertz CT molecular complexity index is 196. The molecular formula is C9H18O5. The van der Waals surface area contributed by atoms with Gasteiger partial charge in [0.1, 0.15) is 12.2 Å². The Kier molecular flexibility index (Phi) is 4.67. The van der Waals surface area contributed by atoms with Crippen molar-refractivity contribution in [3.8, 4) is 0 Å². The van der Waals surface area contributed by atoms with Gasteiger partial charge in [-0.3, -0.25) is 4.79 Å². The van der Waals surface area contributed by atoms with Crippen molar-refractivity contribution < 1.29 is 25.2 Å². The Balaban J connectivity index is 4.47. The van der Waals surface area contributed by atoms with E-state index in [0.717, 1.165) is 0 Å². The van der Waals surface area contributed by atoms with Crippen LogP contribution in [0.15, 0.2) is 0 Å². The van der Waals surface area contributed by atoms with E-state index >= 15 is 0 Å². The highest BCUT2D eigenvalue weighted by molar-refractivity contribution is 5.87. The van der Waals surface area contributed by atoms with Crippen LogP contribution in [0.1, 0.15) is 20.8 Å². The minimum absolute atomic E-state index is 0.662. The lowest BCUT2D eigenvalue weighted by molar-refractivity contribution is -0.148. The van der Waals surface area contributed by atoms with E-state index in [-0.39, 0.29) is 0 Å². The molecule has 0 saturated heterocycles. The molecule has 5 nitrogen and oxygen atoms in total. The summed E-state index contributed by atoms with van der Waals surface area (Å²) < 4.78 is 0. The molecule has 0 aromatic heterocycles. The Morgan fingerprint density at radius 2 is 1.64 bits per heavy atom. The highest BCUT2D eigenvalue weighted by Gasteiger charge is 2.35. The van der Waals surface area contributed by atoms with Crippen LogP contribution in [0.25, 0.3) is 0 Å². The third-order valence-electron chi connectivity index (χ3n) is 1.98. The predicted molar refractivity (Wildman–Crippen MR) is 49.6 cm³/mol. The highest BCUT2D eigenvalue weighted by atomic mass is 16.4. The van der Waals surface area contributed by atoms with Crippen molar-refractivity contribution in [3.05, 3.63) is 0 Å². The molecule has 0 aromatic rings. The van der Waals surface area contributed by atoms with Crippen molar-refractivity contribution in [2.24, 2.45) is 5.41 Å². The summed E-state index contributed by atoms with van der Waals surface area (Å²) in [5.74, 6) is -0.963. The van der Waals surface area contributed by atoms with E-state index < -0.39 is 36.1 Å². The molecule has 0 aliphatic heterocycles. The van der Waals surface area contributed by atoms with Crippen molar-refractivity contribution in [1.82, 2.24) is 0 Å². The quantitative estimate of drug-likeness (QED) is 0.457. The number of hydrogen-bond donors (Lipinski definition) is 4. The van der Waals surface area contributed by atoms with E-state index in [2.05, 4.69) is 0 Å². The smallest absolute Gasteiger partial charge is 0.194 e. The summed E-state index contributed by atoms with van der Waals surface area (Å²) >= 11 is 0. The van der Waals surface area contributed by atoms with Gasteiger partial charge in [-0.05, 0) is 5.41 Å². The lowest BCUT2D eigenvalue weighted by Crippen LogP contribution is -2.47. The van der Waals surface area contributed by atoms with Gasteiger partial charge in [0.05, 0.1) is 12.7 Å². The number of rotatable bonds is 4. The summed E-state index contributed by atoms with van der Waals surface area (Å²) in [4.78, 5) is 11.1. The van der Waals surface area contributed by atoms with Gasteiger partial charge in [-0.1, -0.05) is 20.8 Å². The molecule has 0 aromatic carbocycles. The molecule has 0 heterocycles. The molecule has 0 rings (SSSR count). The second-order valence-electron chi connectivity index (χ2n) is 4.36. The Hall–Kier alpha value is -0.490. The molecule has 14 heavy (non-hydrogen) atoms. The van der Waals surface area contributed by atoms with Crippen LogP contribution in [0.4, 0.5) is 0 Å². The van der Waals surface area contributed by atoms with Crippen molar-refractivity contribution in [2.75, 3.05) is 6.61 Å². The molecule has 84 valence electrons. The zero-order valence-corrected chi connectivity index (χ0v) is 8.64. The van der Waals surface area contributed by atoms with Gasteiger partial charge < -0.3 is 20.4 Å². The first-order chi connectivity index (χ1) is 6.21. The van der Waals surface area contributed by atoms with Crippen LogP contribution in [-0.4, -0.2) is 51.1 Å². The maximum absolute atomic E-state index is 11.1. The van der Waals surface area contributed by atoms with E-state index in [4.69, 9.17) is 10.2 Å². The van der Waals surface area contributed by atoms with Gasteiger partial charge in [0.2, 0.25) is 0 Å². The minimum atomic E-state index is -1.67. The lowest BCUT2D eigenvalue weighted by atomic mass is 9.84. The topological polar surface area (TPSA) is 98.0 Å². The Morgan fingerprint density at radius 3 is 1.93 bits per heavy atom. The molecule has 0 bridgehead atoms. The predicted octanol–water partition coefficient (Wildman–Crippen LogP) is -1.32. The van der Waals surface area contributed by atoms with Crippen LogP contribution in [0, 0.1) is 5.41 Å². The maximum Gasteiger partial charge on any atom is 0.194 e. The second-order valence-corrected chi connectivity index (χ2v) is 4.36. The molecule has 5 heteroatoms. The summed E-state index contributed by atoms with van der Waals surface area (Å²) in [6, 6.07) is 0. The van der Waals surface area contributed by atoms with E-state index in [1.54, 1.807) is 20.8 Å². The van der Waals surface area contributed by atoms with E-state index in [9.17, 15) is 15.0 Å². The van der Waals surface area contributed by atoms with E-state index in [1.165, 1.54) is 0 Å². The first-order valence-electron chi connectivity index (χ1n) is 4.40. The third-order valence-corrected chi connectivity index (χ3v) is 1.98. The van der Waals surface area contributed by atoms with Gasteiger partial charge in [0, 0.05) is 0 Å². The van der Waals surface area contributed by atoms with Crippen LogP contribution in [0.5, 0.6) is 0 Å². The second kappa shape index (κ2) is 4.84. The average molecular weight is 206 g/mol. The van der Waals surface area contributed by atoms with Crippen molar-refractivity contribution in [2.45, 2.75) is 39.1 Å². The van der Waals surface area contributed by atoms with E-state index in [0.29, 0.717) is 0 Å². The zero-order valence-electron chi connectivity index (χ0n) is 8.64. The van der Waals surface area contributed by atoms with Crippen LogP contribution in [-0.2, 0) is 4.79 Å². The fourth-order valence-electron chi connectivity index (χ4n) is 0.916. The number of ketones is 1. The van der Waals surface area contributed by atoms with Crippen molar-refractivity contribution in [1.29, 1.82) is 0 Å². The zero-order chi connectivity index (χ0) is 11.5. The van der Waals surface area contributed by atoms with Gasteiger partial charge in [-0.25, -0.2) is 0 Å². The molecular weight excluding hydrogens is 188 g/mol. The number of aliphatic hydroxyl groups excluding tert-OH is 4. The first-order valence-corrected chi connectivity index (χ1v) is 4.40. The van der Waals surface area contributed by atoms with Crippen LogP contribution in [0.2, 0.25) is 0 Å². The lowest BCUT2D eigenvalue weighted by Gasteiger charge is -2.29. The molecule has 0 amide bonds. The monoisotopic (exact) mass is 206 g/mol. The van der Waals surface area contributed by atoms with Crippen LogP contribution < -0.4 is 0 Å². The normalized spacial score (nSPS) is 18.8. The fraction of sp³-hybridized carbons (Fsp3) is 0.889. The van der Waals surface area contributed by atoms with Gasteiger partial charge >= 0.3 is 0 Å². The molecule has 0 aliphatic carbocycles. The fourth-order valence-corrected chi connectivity index (χ4v) is 0.916. The van der Waals surface area contributed by atoms with Crippen molar-refractivity contribution >= 4 is 5.78 Å². The Labute approximate surface area is 83.0 Å². The van der Waals surface area contributed by atoms with Crippen molar-refractivity contribution in [3.63, 3.8) is 0 Å². The van der Waals surface area contributed by atoms with Gasteiger partial charge in [0.25, 0.3) is 0 Å². The third kappa shape index (κ3) is 3.34. The summed E-state index contributed by atoms with van der Waals surface area (Å²) in [7, 11) is 0. The largest absolute Gasteiger partial charge is 0.393 e. The molecule has 0 saturated carbocycles. The molecule has 4 N–H and O–H groups in total. The van der Waals surface area contributed by atoms with Gasteiger partial charge in [0.15, 0.2) is 5.78 Å². The van der Waals surface area contributed by atoms with Gasteiger partial charge in [-0.15, -0.1) is 0 Å². The SMILES string of the molecule is CC(C)(C)C(O)[C@@H](O)C(=O)[C@H](O)CO. The summed E-state index contributed by atoms with van der Waals surface area (Å²) in [6.07, 6.45) is -4.57. The Morgan fingerprint density at radius 1 is 1.21 bits per heavy atom. The first kappa shape index (κ1) is 13.5. The number of Topliss-reactive ketones (excluding diaryl/α,β-unsaturated/α-hetero) is 1. The number of carbonyl (C=O) groups is 1. The summed E-state index contributed by atoms with van der Waals surface area (Å²) in [5, 5.41) is 36.3. The van der Waals surface area contributed by atoms with Crippen LogP contribution >= 0.6 is 0 Å². The van der Waals surface area contributed by atoms with Gasteiger partial charge in [-0.2, -0.15) is 0 Å². The van der Waals surface area contributed by atoms with Crippen LogP contribution in [0.3, 0.4) is 0 Å². The maximum atomic E-state index is 11.1. The average Bonchev–Trinajstić information content (AvgIpc) is 2.11. The molecule has 0 aliphatic rings. The molecule has 0 radical (unpaired) electrons. The minimum Gasteiger partial charge on any atom is -0.393 e. The standard InChI is InChI=1S/C9H18O5/c1-9(2,3)8(14)7(13)6(12)5(11)4-10/h5,7-8,10-11,13-14H,4H2,1-3H3/t5-,7+,8?/m1/s1. The number of aliphatic hydroxyl groups is 4. The highest BCUT2D eigenvalue weighted by Crippen LogP contribution is 2.22. The molecule has 3 atom stereocenters. The summed E-state index contributed by atoms with van der Waals surface area (Å²) in [6.45, 7) is 4.20.